The van der Waals surface area contributed by atoms with Crippen LogP contribution in [0.4, 0.5) is 0 Å². The Labute approximate surface area is 117 Å². The summed E-state index contributed by atoms with van der Waals surface area (Å²) in [6, 6.07) is 8.58. The molecule has 0 aliphatic rings. The summed E-state index contributed by atoms with van der Waals surface area (Å²) in [5, 5.41) is 3.50. The van der Waals surface area contributed by atoms with Gasteiger partial charge in [0, 0.05) is 25.3 Å². The number of hydrogen-bond acceptors (Lipinski definition) is 3. The third-order valence-electron chi connectivity index (χ3n) is 3.12. The Morgan fingerprint density at radius 2 is 1.95 bits per heavy atom. The Kier molecular flexibility index (Phi) is 8.26. The number of nitrogens with one attached hydrogen (secondary N) is 1. The van der Waals surface area contributed by atoms with Gasteiger partial charge in [-0.3, -0.25) is 0 Å². The first-order valence-corrected chi connectivity index (χ1v) is 7.23. The van der Waals surface area contributed by atoms with Crippen molar-refractivity contribution in [3.63, 3.8) is 0 Å². The third-order valence-corrected chi connectivity index (χ3v) is 3.12. The van der Waals surface area contributed by atoms with Crippen LogP contribution in [0.2, 0.25) is 0 Å². The van der Waals surface area contributed by atoms with Crippen molar-refractivity contribution in [2.45, 2.75) is 39.2 Å². The zero-order valence-electron chi connectivity index (χ0n) is 12.4. The minimum Gasteiger partial charge on any atom is -0.493 e. The minimum absolute atomic E-state index is 0.301. The molecule has 3 nitrogen and oxygen atoms in total. The van der Waals surface area contributed by atoms with Crippen LogP contribution in [0.5, 0.6) is 5.75 Å². The summed E-state index contributed by atoms with van der Waals surface area (Å²) in [6.07, 6.45) is 3.29. The topological polar surface area (TPSA) is 30.5 Å². The zero-order valence-corrected chi connectivity index (χ0v) is 12.4. The molecule has 19 heavy (non-hydrogen) atoms. The van der Waals surface area contributed by atoms with E-state index < -0.39 is 0 Å². The van der Waals surface area contributed by atoms with Crippen LogP contribution in [0, 0.1) is 0 Å². The van der Waals surface area contributed by atoms with Gasteiger partial charge in [-0.15, -0.1) is 0 Å². The first-order valence-electron chi connectivity index (χ1n) is 7.23. The maximum atomic E-state index is 5.86. The van der Waals surface area contributed by atoms with Gasteiger partial charge in [0.15, 0.2) is 0 Å². The molecule has 0 saturated heterocycles. The second-order valence-corrected chi connectivity index (χ2v) is 4.76. The molecule has 0 amide bonds. The molecule has 0 spiro atoms. The van der Waals surface area contributed by atoms with Gasteiger partial charge in [0.2, 0.25) is 0 Å². The molecule has 1 N–H and O–H groups in total. The van der Waals surface area contributed by atoms with E-state index in [1.165, 1.54) is 5.56 Å². The van der Waals surface area contributed by atoms with Crippen LogP contribution in [-0.4, -0.2) is 26.9 Å². The van der Waals surface area contributed by atoms with Crippen molar-refractivity contribution in [3.05, 3.63) is 29.8 Å². The van der Waals surface area contributed by atoms with Gasteiger partial charge in [-0.1, -0.05) is 31.5 Å². The molecule has 1 atom stereocenters. The first kappa shape index (κ1) is 16.0. The van der Waals surface area contributed by atoms with E-state index in [9.17, 15) is 0 Å². The molecule has 1 unspecified atom stereocenters. The van der Waals surface area contributed by atoms with E-state index in [1.54, 1.807) is 7.11 Å². The van der Waals surface area contributed by atoms with E-state index in [2.05, 4.69) is 37.4 Å². The van der Waals surface area contributed by atoms with Crippen LogP contribution in [0.3, 0.4) is 0 Å². The van der Waals surface area contributed by atoms with Crippen LogP contribution in [0.25, 0.3) is 0 Å². The standard InChI is InChI=1S/C16H27NO2/c1-4-5-13-19-16-10-7-6-9-15(16)14(2)17-11-8-12-18-3/h6-7,9-10,14,17H,4-5,8,11-13H2,1-3H3. The van der Waals surface area contributed by atoms with Gasteiger partial charge in [-0.05, 0) is 32.4 Å². The predicted octanol–water partition coefficient (Wildman–Crippen LogP) is 3.55. The molecule has 1 rings (SSSR count). The summed E-state index contributed by atoms with van der Waals surface area (Å²) in [7, 11) is 1.74. The lowest BCUT2D eigenvalue weighted by Gasteiger charge is -2.18. The molecule has 0 saturated carbocycles. The summed E-state index contributed by atoms with van der Waals surface area (Å²) in [5.41, 5.74) is 1.23. The Morgan fingerprint density at radius 3 is 2.68 bits per heavy atom. The highest BCUT2D eigenvalue weighted by Gasteiger charge is 2.10. The second-order valence-electron chi connectivity index (χ2n) is 4.76. The van der Waals surface area contributed by atoms with Gasteiger partial charge in [0.25, 0.3) is 0 Å². The number of para-hydroxylation sites is 1. The summed E-state index contributed by atoms with van der Waals surface area (Å²) >= 11 is 0. The number of rotatable bonds is 10. The van der Waals surface area contributed by atoms with Crippen LogP contribution in [0.1, 0.15) is 44.7 Å². The summed E-state index contributed by atoms with van der Waals surface area (Å²) < 4.78 is 10.9. The molecule has 0 bridgehead atoms. The van der Waals surface area contributed by atoms with Crippen molar-refractivity contribution < 1.29 is 9.47 Å². The lowest BCUT2D eigenvalue weighted by Crippen LogP contribution is -2.21. The van der Waals surface area contributed by atoms with Crippen molar-refractivity contribution in [3.8, 4) is 5.75 Å². The second kappa shape index (κ2) is 9.82. The highest BCUT2D eigenvalue weighted by molar-refractivity contribution is 5.35. The highest BCUT2D eigenvalue weighted by Crippen LogP contribution is 2.24. The van der Waals surface area contributed by atoms with Gasteiger partial charge < -0.3 is 14.8 Å². The highest BCUT2D eigenvalue weighted by atomic mass is 16.5. The molecule has 0 aliphatic heterocycles. The maximum absolute atomic E-state index is 5.86. The maximum Gasteiger partial charge on any atom is 0.124 e. The molecule has 0 radical (unpaired) electrons. The Bertz CT molecular complexity index is 341. The van der Waals surface area contributed by atoms with Gasteiger partial charge in [-0.2, -0.15) is 0 Å². The molecule has 1 aromatic carbocycles. The Morgan fingerprint density at radius 1 is 1.16 bits per heavy atom. The van der Waals surface area contributed by atoms with Crippen LogP contribution < -0.4 is 10.1 Å². The lowest BCUT2D eigenvalue weighted by atomic mass is 10.1. The minimum atomic E-state index is 0.301. The van der Waals surface area contributed by atoms with E-state index in [0.717, 1.165) is 44.8 Å². The average molecular weight is 265 g/mol. The monoisotopic (exact) mass is 265 g/mol. The largest absolute Gasteiger partial charge is 0.493 e. The quantitative estimate of drug-likeness (QED) is 0.656. The molecule has 0 heterocycles. The normalized spacial score (nSPS) is 12.4. The van der Waals surface area contributed by atoms with E-state index >= 15 is 0 Å². The molecule has 0 fully saturated rings. The van der Waals surface area contributed by atoms with Gasteiger partial charge in [0.1, 0.15) is 5.75 Å². The van der Waals surface area contributed by atoms with E-state index in [4.69, 9.17) is 9.47 Å². The fourth-order valence-electron chi connectivity index (χ4n) is 1.94. The smallest absolute Gasteiger partial charge is 0.124 e. The van der Waals surface area contributed by atoms with Crippen molar-refractivity contribution >= 4 is 0 Å². The molecular formula is C16H27NO2. The van der Waals surface area contributed by atoms with Crippen molar-refractivity contribution in [2.75, 3.05) is 26.9 Å². The van der Waals surface area contributed by atoms with Crippen LogP contribution in [-0.2, 0) is 4.74 Å². The number of ether oxygens (including phenoxy) is 2. The predicted molar refractivity (Wildman–Crippen MR) is 79.8 cm³/mol. The average Bonchev–Trinajstić information content (AvgIpc) is 2.44. The third kappa shape index (κ3) is 6.08. The van der Waals surface area contributed by atoms with Crippen LogP contribution in [0.15, 0.2) is 24.3 Å². The van der Waals surface area contributed by atoms with Gasteiger partial charge in [-0.25, -0.2) is 0 Å². The molecular weight excluding hydrogens is 238 g/mol. The Balaban J connectivity index is 2.50. The van der Waals surface area contributed by atoms with E-state index in [0.29, 0.717) is 6.04 Å². The summed E-state index contributed by atoms with van der Waals surface area (Å²) in [5.74, 6) is 1.00. The number of hydrogen-bond donors (Lipinski definition) is 1. The van der Waals surface area contributed by atoms with Crippen molar-refractivity contribution in [1.82, 2.24) is 5.32 Å². The van der Waals surface area contributed by atoms with Gasteiger partial charge >= 0.3 is 0 Å². The fraction of sp³-hybridized carbons (Fsp3) is 0.625. The van der Waals surface area contributed by atoms with Crippen molar-refractivity contribution in [1.29, 1.82) is 0 Å². The lowest BCUT2D eigenvalue weighted by molar-refractivity contribution is 0.193. The number of methoxy groups -OCH3 is 1. The summed E-state index contributed by atoms with van der Waals surface area (Å²) in [6.45, 7) is 6.90. The first-order chi connectivity index (χ1) is 9.29. The van der Waals surface area contributed by atoms with E-state index in [1.807, 2.05) is 6.07 Å². The molecule has 0 aromatic heterocycles. The van der Waals surface area contributed by atoms with Crippen LogP contribution >= 0.6 is 0 Å². The number of benzene rings is 1. The van der Waals surface area contributed by atoms with Crippen molar-refractivity contribution in [2.24, 2.45) is 0 Å². The summed E-state index contributed by atoms with van der Waals surface area (Å²) in [4.78, 5) is 0. The molecule has 1 aromatic rings. The van der Waals surface area contributed by atoms with E-state index in [-0.39, 0.29) is 0 Å². The molecule has 0 aliphatic carbocycles. The zero-order chi connectivity index (χ0) is 13.9. The number of unbranched alkanes of at least 4 members (excludes halogenated alkanes) is 1. The molecule has 3 heteroatoms. The molecule has 108 valence electrons. The fourth-order valence-corrected chi connectivity index (χ4v) is 1.94. The SMILES string of the molecule is CCCCOc1ccccc1C(C)NCCCOC. The Hall–Kier alpha value is -1.06. The van der Waals surface area contributed by atoms with Gasteiger partial charge in [0.05, 0.1) is 6.61 Å².